The van der Waals surface area contributed by atoms with Gasteiger partial charge in [-0.25, -0.2) is 13.4 Å². The lowest BCUT2D eigenvalue weighted by molar-refractivity contribution is -0.129. The maximum atomic E-state index is 13.4. The van der Waals surface area contributed by atoms with E-state index in [1.807, 2.05) is 54.3 Å². The summed E-state index contributed by atoms with van der Waals surface area (Å²) in [6.45, 7) is 6.81. The molecule has 8 heteroatoms. The van der Waals surface area contributed by atoms with Crippen molar-refractivity contribution in [1.29, 1.82) is 0 Å². The molecule has 0 bridgehead atoms. The van der Waals surface area contributed by atoms with E-state index < -0.39 is 15.3 Å². The minimum absolute atomic E-state index is 0.0377. The maximum absolute atomic E-state index is 13.4. The number of aromatic nitrogens is 1. The standard InChI is InChI=1S/C23H30N4O3S/c1-18-8-10-22(21-6-4-3-5-7-21)31(29,30)27(18)17-20-9-11-23(24-16-20)26-14-12-25(13-15-26)19(2)28/h3-7,9,11,16,18,22H,8,10,12-15,17H2,1-2H3. The number of anilines is 1. The Hall–Kier alpha value is -2.45. The average Bonchev–Trinajstić information content (AvgIpc) is 2.77. The van der Waals surface area contributed by atoms with Gasteiger partial charge in [0.05, 0.1) is 0 Å². The Labute approximate surface area is 184 Å². The summed E-state index contributed by atoms with van der Waals surface area (Å²) in [4.78, 5) is 20.1. The molecule has 1 amide bonds. The van der Waals surface area contributed by atoms with Crippen molar-refractivity contribution in [2.75, 3.05) is 31.1 Å². The van der Waals surface area contributed by atoms with Crippen LogP contribution in [0.2, 0.25) is 0 Å². The second kappa shape index (κ2) is 8.96. The van der Waals surface area contributed by atoms with Gasteiger partial charge in [-0.3, -0.25) is 4.79 Å². The highest BCUT2D eigenvalue weighted by Crippen LogP contribution is 2.38. The van der Waals surface area contributed by atoms with Crippen LogP contribution in [0.3, 0.4) is 0 Å². The van der Waals surface area contributed by atoms with Crippen LogP contribution in [-0.2, 0) is 21.4 Å². The largest absolute Gasteiger partial charge is 0.353 e. The summed E-state index contributed by atoms with van der Waals surface area (Å²) < 4.78 is 28.4. The van der Waals surface area contributed by atoms with Crippen LogP contribution in [0.25, 0.3) is 0 Å². The summed E-state index contributed by atoms with van der Waals surface area (Å²) in [5, 5.41) is -0.491. The summed E-state index contributed by atoms with van der Waals surface area (Å²) in [7, 11) is -3.45. The molecule has 2 saturated heterocycles. The molecule has 0 aliphatic carbocycles. The van der Waals surface area contributed by atoms with E-state index in [2.05, 4.69) is 9.88 Å². The van der Waals surface area contributed by atoms with E-state index in [1.165, 1.54) is 0 Å². The van der Waals surface area contributed by atoms with Crippen molar-refractivity contribution in [2.45, 2.75) is 44.5 Å². The molecule has 4 rings (SSSR count). The molecule has 0 radical (unpaired) electrons. The fourth-order valence-corrected chi connectivity index (χ4v) is 6.68. The number of carbonyl (C=O) groups excluding carboxylic acids is 1. The Bertz CT molecular complexity index is 1000. The molecule has 2 atom stereocenters. The molecule has 0 spiro atoms. The van der Waals surface area contributed by atoms with Crippen LogP contribution in [0.4, 0.5) is 5.82 Å². The zero-order valence-electron chi connectivity index (χ0n) is 18.1. The Morgan fingerprint density at radius 1 is 1.03 bits per heavy atom. The van der Waals surface area contributed by atoms with Crippen LogP contribution in [-0.4, -0.2) is 60.7 Å². The Balaban J connectivity index is 1.46. The van der Waals surface area contributed by atoms with Gasteiger partial charge in [-0.2, -0.15) is 4.31 Å². The molecule has 1 aromatic carbocycles. The third-order valence-electron chi connectivity index (χ3n) is 6.39. The van der Waals surface area contributed by atoms with Crippen LogP contribution in [0.5, 0.6) is 0 Å². The quantitative estimate of drug-likeness (QED) is 0.728. The number of amides is 1. The second-order valence-corrected chi connectivity index (χ2v) is 10.5. The summed E-state index contributed by atoms with van der Waals surface area (Å²) >= 11 is 0. The molecule has 0 N–H and O–H groups in total. The van der Waals surface area contributed by atoms with Crippen LogP contribution < -0.4 is 4.90 Å². The number of hydrogen-bond acceptors (Lipinski definition) is 5. The summed E-state index contributed by atoms with van der Waals surface area (Å²) in [6, 6.07) is 13.4. The minimum atomic E-state index is -3.45. The summed E-state index contributed by atoms with van der Waals surface area (Å²) in [6.07, 6.45) is 3.26. The molecule has 2 aliphatic heterocycles. The Morgan fingerprint density at radius 3 is 2.35 bits per heavy atom. The van der Waals surface area contributed by atoms with Gasteiger partial charge in [-0.05, 0) is 37.0 Å². The van der Waals surface area contributed by atoms with E-state index in [9.17, 15) is 13.2 Å². The van der Waals surface area contributed by atoms with Gasteiger partial charge in [-0.1, -0.05) is 36.4 Å². The molecule has 7 nitrogen and oxygen atoms in total. The first-order chi connectivity index (χ1) is 14.9. The lowest BCUT2D eigenvalue weighted by atomic mass is 10.0. The van der Waals surface area contributed by atoms with Gasteiger partial charge in [0.2, 0.25) is 15.9 Å². The number of hydrogen-bond donors (Lipinski definition) is 0. The van der Waals surface area contributed by atoms with E-state index in [1.54, 1.807) is 17.4 Å². The number of rotatable bonds is 4. The molecule has 1 aromatic heterocycles. The number of carbonyl (C=O) groups is 1. The normalized spacial score (nSPS) is 24.2. The van der Waals surface area contributed by atoms with Crippen LogP contribution in [0.15, 0.2) is 48.7 Å². The molecule has 2 aliphatic rings. The van der Waals surface area contributed by atoms with Gasteiger partial charge in [0.1, 0.15) is 11.1 Å². The van der Waals surface area contributed by atoms with Gasteiger partial charge >= 0.3 is 0 Å². The van der Waals surface area contributed by atoms with Crippen LogP contribution in [0, 0.1) is 0 Å². The maximum Gasteiger partial charge on any atom is 0.221 e. The molecule has 3 heterocycles. The fraction of sp³-hybridized carbons (Fsp3) is 0.478. The van der Waals surface area contributed by atoms with Crippen molar-refractivity contribution in [3.63, 3.8) is 0 Å². The van der Waals surface area contributed by atoms with E-state index in [0.29, 0.717) is 26.1 Å². The molecular weight excluding hydrogens is 412 g/mol. The third-order valence-corrected chi connectivity index (χ3v) is 8.76. The van der Waals surface area contributed by atoms with Crippen molar-refractivity contribution in [2.24, 2.45) is 0 Å². The SMILES string of the molecule is CC(=O)N1CCN(c2ccc(CN3C(C)CCC(c4ccccc4)S3(=O)=O)cn2)CC1. The zero-order valence-corrected chi connectivity index (χ0v) is 19.0. The van der Waals surface area contributed by atoms with E-state index in [0.717, 1.165) is 36.5 Å². The van der Waals surface area contributed by atoms with Crippen molar-refractivity contribution in [3.8, 4) is 0 Å². The van der Waals surface area contributed by atoms with Gasteiger partial charge < -0.3 is 9.80 Å². The summed E-state index contributed by atoms with van der Waals surface area (Å²) in [5.41, 5.74) is 1.74. The highest BCUT2D eigenvalue weighted by atomic mass is 32.2. The van der Waals surface area contributed by atoms with Gasteiger partial charge in [0.25, 0.3) is 0 Å². The van der Waals surface area contributed by atoms with Crippen LogP contribution in [0.1, 0.15) is 43.1 Å². The average molecular weight is 443 g/mol. The molecule has 166 valence electrons. The predicted molar refractivity (Wildman–Crippen MR) is 121 cm³/mol. The van der Waals surface area contributed by atoms with E-state index in [-0.39, 0.29) is 11.9 Å². The molecule has 2 aromatic rings. The number of nitrogens with zero attached hydrogens (tertiary/aromatic N) is 4. The molecule has 2 fully saturated rings. The number of benzene rings is 1. The van der Waals surface area contributed by atoms with Crippen molar-refractivity contribution in [3.05, 3.63) is 59.8 Å². The number of sulfonamides is 1. The molecule has 31 heavy (non-hydrogen) atoms. The lowest BCUT2D eigenvalue weighted by Gasteiger charge is -2.37. The van der Waals surface area contributed by atoms with Crippen molar-refractivity contribution in [1.82, 2.24) is 14.2 Å². The van der Waals surface area contributed by atoms with E-state index >= 15 is 0 Å². The highest BCUT2D eigenvalue weighted by molar-refractivity contribution is 7.89. The molecular formula is C23H30N4O3S. The van der Waals surface area contributed by atoms with Crippen molar-refractivity contribution < 1.29 is 13.2 Å². The minimum Gasteiger partial charge on any atom is -0.353 e. The first kappa shape index (κ1) is 21.8. The topological polar surface area (TPSA) is 73.8 Å². The fourth-order valence-electron chi connectivity index (χ4n) is 4.48. The molecule has 2 unspecified atom stereocenters. The van der Waals surface area contributed by atoms with E-state index in [4.69, 9.17) is 0 Å². The Morgan fingerprint density at radius 2 is 1.74 bits per heavy atom. The van der Waals surface area contributed by atoms with Gasteiger partial charge in [0, 0.05) is 51.9 Å². The smallest absolute Gasteiger partial charge is 0.221 e. The number of pyridine rings is 1. The van der Waals surface area contributed by atoms with Gasteiger partial charge in [-0.15, -0.1) is 0 Å². The second-order valence-electron chi connectivity index (χ2n) is 8.43. The highest BCUT2D eigenvalue weighted by Gasteiger charge is 2.40. The first-order valence-corrected chi connectivity index (χ1v) is 12.4. The van der Waals surface area contributed by atoms with Crippen LogP contribution >= 0.6 is 0 Å². The third kappa shape index (κ3) is 4.60. The van der Waals surface area contributed by atoms with Gasteiger partial charge in [0.15, 0.2) is 0 Å². The zero-order chi connectivity index (χ0) is 22.0. The summed E-state index contributed by atoms with van der Waals surface area (Å²) in [5.74, 6) is 0.970. The monoisotopic (exact) mass is 442 g/mol. The molecule has 0 saturated carbocycles. The predicted octanol–water partition coefficient (Wildman–Crippen LogP) is 2.81. The Kier molecular flexibility index (Phi) is 6.29. The first-order valence-electron chi connectivity index (χ1n) is 10.9. The number of piperazine rings is 1. The lowest BCUT2D eigenvalue weighted by Crippen LogP contribution is -2.48. The van der Waals surface area contributed by atoms with Crippen molar-refractivity contribution >= 4 is 21.7 Å².